The molecule has 0 aromatic rings. The maximum absolute atomic E-state index is 2.30. The van der Waals surface area contributed by atoms with Crippen molar-refractivity contribution in [3.63, 3.8) is 0 Å². The van der Waals surface area contributed by atoms with E-state index in [-0.39, 0.29) is 0 Å². The fourth-order valence-electron chi connectivity index (χ4n) is 0.774. The molecule has 0 aliphatic carbocycles. The van der Waals surface area contributed by atoms with Crippen molar-refractivity contribution in [1.82, 2.24) is 0 Å². The third kappa shape index (κ3) is 3.20. The molecule has 0 saturated carbocycles. The Morgan fingerprint density at radius 1 is 0.700 bits per heavy atom. The summed E-state index contributed by atoms with van der Waals surface area (Å²) in [6.45, 7) is 6.88. The minimum atomic E-state index is 0.762. The number of thioether (sulfide) groups is 2. The van der Waals surface area contributed by atoms with Gasteiger partial charge in [-0.25, -0.2) is 0 Å². The SMILES string of the molecule is CC1SSC(C)SC(C)S1. The molecule has 0 radical (unpaired) electrons. The average Bonchev–Trinajstić information content (AvgIpc) is 1.93. The second-order valence-electron chi connectivity index (χ2n) is 2.17. The molecule has 10 heavy (non-hydrogen) atoms. The van der Waals surface area contributed by atoms with Crippen LogP contribution in [0.5, 0.6) is 0 Å². The van der Waals surface area contributed by atoms with Gasteiger partial charge in [-0.15, -0.1) is 23.5 Å². The van der Waals surface area contributed by atoms with Gasteiger partial charge < -0.3 is 0 Å². The van der Waals surface area contributed by atoms with E-state index in [2.05, 4.69) is 44.3 Å². The lowest BCUT2D eigenvalue weighted by atomic mass is 10.9. The molecule has 0 N–H and O–H groups in total. The summed E-state index contributed by atoms with van der Waals surface area (Å²) in [6, 6.07) is 0. The van der Waals surface area contributed by atoms with E-state index in [4.69, 9.17) is 0 Å². The fraction of sp³-hybridized carbons (Fsp3) is 1.00. The largest absolute Gasteiger partial charge is 0.133 e. The highest BCUT2D eigenvalue weighted by Crippen LogP contribution is 2.49. The molecule has 0 aromatic heterocycles. The Balaban J connectivity index is 2.38. The molecule has 0 spiro atoms. The van der Waals surface area contributed by atoms with Crippen LogP contribution in [0.25, 0.3) is 0 Å². The molecule has 1 aliphatic heterocycles. The van der Waals surface area contributed by atoms with Crippen LogP contribution in [-0.2, 0) is 0 Å². The molecule has 2 atom stereocenters. The van der Waals surface area contributed by atoms with Gasteiger partial charge in [0.1, 0.15) is 0 Å². The summed E-state index contributed by atoms with van der Waals surface area (Å²) in [6.07, 6.45) is 0. The molecular formula is C6H12S4. The van der Waals surface area contributed by atoms with Crippen molar-refractivity contribution in [2.75, 3.05) is 0 Å². The van der Waals surface area contributed by atoms with Gasteiger partial charge in [0.15, 0.2) is 0 Å². The normalized spacial score (nSPS) is 42.9. The van der Waals surface area contributed by atoms with Crippen LogP contribution in [-0.4, -0.2) is 13.7 Å². The number of hydrogen-bond acceptors (Lipinski definition) is 4. The van der Waals surface area contributed by atoms with E-state index >= 15 is 0 Å². The Hall–Kier alpha value is 1.40. The maximum Gasteiger partial charge on any atom is 0.0589 e. The molecule has 0 amide bonds. The number of hydrogen-bond donors (Lipinski definition) is 0. The lowest BCUT2D eigenvalue weighted by Crippen LogP contribution is -1.95. The minimum absolute atomic E-state index is 0.762. The van der Waals surface area contributed by atoms with E-state index < -0.39 is 0 Å². The minimum Gasteiger partial charge on any atom is -0.133 e. The Morgan fingerprint density at radius 2 is 1.10 bits per heavy atom. The molecule has 0 aromatic carbocycles. The summed E-state index contributed by atoms with van der Waals surface area (Å²) in [5, 5.41) is 0. The molecule has 0 nitrogen and oxygen atoms in total. The topological polar surface area (TPSA) is 0 Å². The highest BCUT2D eigenvalue weighted by molar-refractivity contribution is 8.80. The monoisotopic (exact) mass is 212 g/mol. The molecule has 2 unspecified atom stereocenters. The van der Waals surface area contributed by atoms with E-state index in [1.807, 2.05) is 21.6 Å². The zero-order valence-corrected chi connectivity index (χ0v) is 9.63. The molecule has 60 valence electrons. The fourth-order valence-corrected chi connectivity index (χ4v) is 7.78. The second kappa shape index (κ2) is 4.43. The van der Waals surface area contributed by atoms with Gasteiger partial charge >= 0.3 is 0 Å². The zero-order valence-electron chi connectivity index (χ0n) is 6.37. The maximum atomic E-state index is 2.30. The van der Waals surface area contributed by atoms with Crippen molar-refractivity contribution < 1.29 is 0 Å². The third-order valence-corrected chi connectivity index (χ3v) is 7.99. The van der Waals surface area contributed by atoms with Crippen molar-refractivity contribution in [3.8, 4) is 0 Å². The Bertz CT molecular complexity index is 93.9. The lowest BCUT2D eigenvalue weighted by molar-refractivity contribution is 1.34. The van der Waals surface area contributed by atoms with Crippen LogP contribution in [0.1, 0.15) is 20.8 Å². The van der Waals surface area contributed by atoms with Crippen LogP contribution in [0, 0.1) is 0 Å². The Morgan fingerprint density at radius 3 is 1.50 bits per heavy atom. The summed E-state index contributed by atoms with van der Waals surface area (Å²) in [5.74, 6) is 0. The highest BCUT2D eigenvalue weighted by Gasteiger charge is 2.19. The summed E-state index contributed by atoms with van der Waals surface area (Å²) in [4.78, 5) is 0. The molecule has 4 heteroatoms. The first kappa shape index (κ1) is 9.49. The van der Waals surface area contributed by atoms with Gasteiger partial charge in [0.05, 0.1) is 9.16 Å². The van der Waals surface area contributed by atoms with E-state index in [0.29, 0.717) is 0 Å². The molecule has 1 aliphatic rings. The first-order chi connectivity index (χ1) is 4.68. The quantitative estimate of drug-likeness (QED) is 0.559. The van der Waals surface area contributed by atoms with Gasteiger partial charge in [0.2, 0.25) is 0 Å². The first-order valence-corrected chi connectivity index (χ1v) is 7.47. The summed E-state index contributed by atoms with van der Waals surface area (Å²) in [7, 11) is 4.02. The summed E-state index contributed by atoms with van der Waals surface area (Å²) >= 11 is 4.14. The van der Waals surface area contributed by atoms with Gasteiger partial charge in [0.25, 0.3) is 0 Å². The van der Waals surface area contributed by atoms with Crippen molar-refractivity contribution in [2.24, 2.45) is 0 Å². The van der Waals surface area contributed by atoms with E-state index in [1.54, 1.807) is 0 Å². The van der Waals surface area contributed by atoms with Crippen LogP contribution in [0.2, 0.25) is 0 Å². The summed E-state index contributed by atoms with van der Waals surface area (Å²) in [5.41, 5.74) is 0. The van der Waals surface area contributed by atoms with Crippen LogP contribution in [0.4, 0.5) is 0 Å². The van der Waals surface area contributed by atoms with Gasteiger partial charge in [-0.1, -0.05) is 21.6 Å². The molecule has 1 fully saturated rings. The Labute approximate surface area is 79.5 Å². The van der Waals surface area contributed by atoms with Crippen LogP contribution < -0.4 is 0 Å². The van der Waals surface area contributed by atoms with Gasteiger partial charge in [0, 0.05) is 4.58 Å². The third-order valence-electron chi connectivity index (χ3n) is 1.09. The number of rotatable bonds is 0. The van der Waals surface area contributed by atoms with Crippen molar-refractivity contribution >= 4 is 45.1 Å². The predicted molar refractivity (Wildman–Crippen MR) is 58.8 cm³/mol. The zero-order chi connectivity index (χ0) is 7.56. The van der Waals surface area contributed by atoms with Gasteiger partial charge in [-0.05, 0) is 20.8 Å². The smallest absolute Gasteiger partial charge is 0.0589 e. The van der Waals surface area contributed by atoms with Gasteiger partial charge in [-0.2, -0.15) is 0 Å². The van der Waals surface area contributed by atoms with E-state index in [1.165, 1.54) is 0 Å². The molecule has 1 rings (SSSR count). The lowest BCUT2D eigenvalue weighted by Gasteiger charge is -2.09. The van der Waals surface area contributed by atoms with E-state index in [0.717, 1.165) is 13.7 Å². The molecular weight excluding hydrogens is 200 g/mol. The van der Waals surface area contributed by atoms with Gasteiger partial charge in [-0.3, -0.25) is 0 Å². The summed E-state index contributed by atoms with van der Waals surface area (Å²) < 4.78 is 2.29. The first-order valence-electron chi connectivity index (χ1n) is 3.31. The predicted octanol–water partition coefficient (Wildman–Crippen LogP) is 3.89. The standard InChI is InChI=1S/C6H12S4/c1-4-7-5(2)9-10-6(3)8-4/h4-6H,1-3H3. The van der Waals surface area contributed by atoms with Crippen LogP contribution >= 0.6 is 45.1 Å². The second-order valence-corrected chi connectivity index (χ2v) is 9.39. The van der Waals surface area contributed by atoms with Crippen LogP contribution in [0.3, 0.4) is 0 Å². The molecule has 1 saturated heterocycles. The van der Waals surface area contributed by atoms with Crippen molar-refractivity contribution in [2.45, 2.75) is 34.5 Å². The van der Waals surface area contributed by atoms with E-state index in [9.17, 15) is 0 Å². The van der Waals surface area contributed by atoms with Crippen molar-refractivity contribution in [3.05, 3.63) is 0 Å². The molecule has 0 bridgehead atoms. The average molecular weight is 212 g/mol. The highest BCUT2D eigenvalue weighted by atomic mass is 33.1. The van der Waals surface area contributed by atoms with Crippen molar-refractivity contribution in [1.29, 1.82) is 0 Å². The van der Waals surface area contributed by atoms with Crippen LogP contribution in [0.15, 0.2) is 0 Å². The molecule has 1 heterocycles. The Kier molecular flexibility index (Phi) is 4.20.